The lowest BCUT2D eigenvalue weighted by Crippen LogP contribution is -2.47. The Kier molecular flexibility index (Phi) is 4.02. The van der Waals surface area contributed by atoms with Gasteiger partial charge < -0.3 is 14.5 Å². The van der Waals surface area contributed by atoms with Crippen LogP contribution in [-0.2, 0) is 4.79 Å². The maximum Gasteiger partial charge on any atom is 0.406 e. The number of likely N-dealkylation sites (tertiary alicyclic amines) is 1. The van der Waals surface area contributed by atoms with E-state index in [0.29, 0.717) is 11.3 Å². The van der Waals surface area contributed by atoms with Crippen molar-refractivity contribution in [2.45, 2.75) is 12.6 Å². The van der Waals surface area contributed by atoms with Crippen LogP contribution in [0.1, 0.15) is 16.9 Å². The molecule has 1 fully saturated rings. The molecule has 1 atom stereocenters. The smallest absolute Gasteiger partial charge is 0.406 e. The van der Waals surface area contributed by atoms with Crippen molar-refractivity contribution in [1.29, 1.82) is 0 Å². The van der Waals surface area contributed by atoms with E-state index in [9.17, 15) is 22.8 Å². The van der Waals surface area contributed by atoms with Crippen molar-refractivity contribution in [2.24, 2.45) is 5.41 Å². The number of alkyl halides is 3. The Bertz CT molecular complexity index is 803. The van der Waals surface area contributed by atoms with E-state index in [2.05, 4.69) is 5.16 Å². The standard InChI is InChI=1S/C16H13F3N2O4/c17-16(18,19)15(14(23)24)6-7-21(9-15)13(22)11-8-12(25-20-11)10-4-2-1-3-5-10/h1-5,8H,6-7,9H2,(H,23,24). The molecule has 0 radical (unpaired) electrons. The Morgan fingerprint density at radius 3 is 2.48 bits per heavy atom. The number of carbonyl (C=O) groups is 2. The molecule has 1 saturated heterocycles. The summed E-state index contributed by atoms with van der Waals surface area (Å²) < 4.78 is 44.6. The largest absolute Gasteiger partial charge is 0.481 e. The highest BCUT2D eigenvalue weighted by Crippen LogP contribution is 2.46. The van der Waals surface area contributed by atoms with E-state index >= 15 is 0 Å². The highest BCUT2D eigenvalue weighted by molar-refractivity contribution is 5.94. The number of hydrogen-bond acceptors (Lipinski definition) is 4. The van der Waals surface area contributed by atoms with Gasteiger partial charge in [-0.05, 0) is 6.42 Å². The van der Waals surface area contributed by atoms with E-state index in [1.165, 1.54) is 6.07 Å². The number of aliphatic carboxylic acids is 1. The Balaban J connectivity index is 1.81. The van der Waals surface area contributed by atoms with Gasteiger partial charge in [-0.2, -0.15) is 13.2 Å². The zero-order valence-corrected chi connectivity index (χ0v) is 12.8. The van der Waals surface area contributed by atoms with Crippen molar-refractivity contribution >= 4 is 11.9 Å². The van der Waals surface area contributed by atoms with Gasteiger partial charge in [-0.25, -0.2) is 0 Å². The summed E-state index contributed by atoms with van der Waals surface area (Å²) in [5.74, 6) is -2.48. The zero-order valence-electron chi connectivity index (χ0n) is 12.8. The van der Waals surface area contributed by atoms with Crippen LogP contribution in [0, 0.1) is 5.41 Å². The fourth-order valence-electron chi connectivity index (χ4n) is 2.79. The first kappa shape index (κ1) is 17.0. The SMILES string of the molecule is O=C(c1cc(-c2ccccc2)on1)N1CCC(C(=O)O)(C(F)(F)F)C1. The molecule has 2 heterocycles. The maximum atomic E-state index is 13.2. The average molecular weight is 354 g/mol. The number of nitrogens with zero attached hydrogens (tertiary/aromatic N) is 2. The number of carbonyl (C=O) groups excluding carboxylic acids is 1. The van der Waals surface area contributed by atoms with E-state index in [-0.39, 0.29) is 12.2 Å². The summed E-state index contributed by atoms with van der Waals surface area (Å²) in [7, 11) is 0. The highest BCUT2D eigenvalue weighted by Gasteiger charge is 2.64. The third-order valence-electron chi connectivity index (χ3n) is 4.30. The molecule has 1 aromatic carbocycles. The Labute approximate surface area is 139 Å². The average Bonchev–Trinajstić information content (AvgIpc) is 3.22. The summed E-state index contributed by atoms with van der Waals surface area (Å²) in [4.78, 5) is 24.4. The van der Waals surface area contributed by atoms with E-state index in [1.807, 2.05) is 0 Å². The second kappa shape index (κ2) is 5.91. The Morgan fingerprint density at radius 2 is 1.92 bits per heavy atom. The zero-order chi connectivity index (χ0) is 18.2. The molecule has 25 heavy (non-hydrogen) atoms. The van der Waals surface area contributed by atoms with Crippen LogP contribution in [0.2, 0.25) is 0 Å². The molecule has 132 valence electrons. The van der Waals surface area contributed by atoms with Crippen LogP contribution in [0.3, 0.4) is 0 Å². The predicted molar refractivity (Wildman–Crippen MR) is 78.6 cm³/mol. The number of halogens is 3. The molecule has 3 rings (SSSR count). The second-order valence-electron chi connectivity index (χ2n) is 5.80. The summed E-state index contributed by atoms with van der Waals surface area (Å²) in [6.07, 6.45) is -5.64. The van der Waals surface area contributed by atoms with E-state index < -0.39 is 36.4 Å². The number of rotatable bonds is 3. The number of carboxylic acids is 1. The fourth-order valence-corrected chi connectivity index (χ4v) is 2.79. The van der Waals surface area contributed by atoms with Crippen LogP contribution in [0.5, 0.6) is 0 Å². The quantitative estimate of drug-likeness (QED) is 0.916. The molecule has 1 N–H and O–H groups in total. The highest BCUT2D eigenvalue weighted by atomic mass is 19.4. The van der Waals surface area contributed by atoms with Crippen LogP contribution in [0.4, 0.5) is 13.2 Å². The molecule has 0 saturated carbocycles. The maximum absolute atomic E-state index is 13.2. The molecule has 1 aliphatic heterocycles. The van der Waals surface area contributed by atoms with Crippen molar-refractivity contribution in [3.8, 4) is 11.3 Å². The molecule has 0 bridgehead atoms. The number of carboxylic acid groups (broad SMARTS) is 1. The van der Waals surface area contributed by atoms with Gasteiger partial charge >= 0.3 is 12.1 Å². The van der Waals surface area contributed by atoms with Gasteiger partial charge in [0.05, 0.1) is 0 Å². The lowest BCUT2D eigenvalue weighted by atomic mass is 9.86. The molecule has 1 aliphatic rings. The minimum Gasteiger partial charge on any atom is -0.481 e. The predicted octanol–water partition coefficient (Wildman–Crippen LogP) is 2.82. The van der Waals surface area contributed by atoms with Gasteiger partial charge in [-0.1, -0.05) is 35.5 Å². The molecular weight excluding hydrogens is 341 g/mol. The van der Waals surface area contributed by atoms with E-state index in [4.69, 9.17) is 9.63 Å². The summed E-state index contributed by atoms with van der Waals surface area (Å²) >= 11 is 0. The first-order valence-electron chi connectivity index (χ1n) is 7.36. The number of amides is 1. The molecule has 1 unspecified atom stereocenters. The molecule has 6 nitrogen and oxygen atoms in total. The van der Waals surface area contributed by atoms with Gasteiger partial charge in [0, 0.05) is 24.7 Å². The Hall–Kier alpha value is -2.84. The van der Waals surface area contributed by atoms with Crippen LogP contribution >= 0.6 is 0 Å². The van der Waals surface area contributed by atoms with Gasteiger partial charge in [-0.3, -0.25) is 9.59 Å². The van der Waals surface area contributed by atoms with Crippen LogP contribution in [-0.4, -0.2) is 46.3 Å². The molecule has 0 spiro atoms. The molecule has 1 amide bonds. The van der Waals surface area contributed by atoms with Gasteiger partial charge in [0.2, 0.25) is 0 Å². The fraction of sp³-hybridized carbons (Fsp3) is 0.312. The topological polar surface area (TPSA) is 83.6 Å². The third-order valence-corrected chi connectivity index (χ3v) is 4.30. The first-order chi connectivity index (χ1) is 11.7. The summed E-state index contributed by atoms with van der Waals surface area (Å²) in [5, 5.41) is 12.6. The monoisotopic (exact) mass is 354 g/mol. The number of benzene rings is 1. The van der Waals surface area contributed by atoms with Crippen LogP contribution in [0.25, 0.3) is 11.3 Å². The second-order valence-corrected chi connectivity index (χ2v) is 5.80. The van der Waals surface area contributed by atoms with E-state index in [1.54, 1.807) is 30.3 Å². The van der Waals surface area contributed by atoms with Gasteiger partial charge in [-0.15, -0.1) is 0 Å². The third kappa shape index (κ3) is 2.86. The van der Waals surface area contributed by atoms with Crippen molar-refractivity contribution in [2.75, 3.05) is 13.1 Å². The number of hydrogen-bond donors (Lipinski definition) is 1. The van der Waals surface area contributed by atoms with Crippen molar-refractivity contribution in [3.05, 3.63) is 42.1 Å². The van der Waals surface area contributed by atoms with Gasteiger partial charge in [0.15, 0.2) is 16.9 Å². The molecule has 9 heteroatoms. The van der Waals surface area contributed by atoms with Crippen molar-refractivity contribution in [3.63, 3.8) is 0 Å². The molecular formula is C16H13F3N2O4. The van der Waals surface area contributed by atoms with Crippen LogP contribution in [0.15, 0.2) is 40.9 Å². The summed E-state index contributed by atoms with van der Waals surface area (Å²) in [6.45, 7) is -1.27. The van der Waals surface area contributed by atoms with Crippen LogP contribution < -0.4 is 0 Å². The van der Waals surface area contributed by atoms with E-state index in [0.717, 1.165) is 4.90 Å². The molecule has 1 aromatic heterocycles. The number of aromatic nitrogens is 1. The van der Waals surface area contributed by atoms with Gasteiger partial charge in [0.1, 0.15) is 0 Å². The van der Waals surface area contributed by atoms with Crippen molar-refractivity contribution < 1.29 is 32.4 Å². The normalized spacial score (nSPS) is 20.7. The van der Waals surface area contributed by atoms with Gasteiger partial charge in [0.25, 0.3) is 5.91 Å². The lowest BCUT2D eigenvalue weighted by Gasteiger charge is -2.26. The molecule has 2 aromatic rings. The van der Waals surface area contributed by atoms with Crippen molar-refractivity contribution in [1.82, 2.24) is 10.1 Å². The Morgan fingerprint density at radius 1 is 1.24 bits per heavy atom. The minimum absolute atomic E-state index is 0.165. The lowest BCUT2D eigenvalue weighted by molar-refractivity contribution is -0.227. The summed E-state index contributed by atoms with van der Waals surface area (Å²) in [5.41, 5.74) is -2.46. The summed E-state index contributed by atoms with van der Waals surface area (Å²) in [6, 6.07) is 10.1. The first-order valence-corrected chi connectivity index (χ1v) is 7.36. The minimum atomic E-state index is -4.95. The molecule has 0 aliphatic carbocycles.